The molecule has 1 amide bonds. The molecule has 0 saturated carbocycles. The van der Waals surface area contributed by atoms with Crippen LogP contribution in [0.15, 0.2) is 30.3 Å². The summed E-state index contributed by atoms with van der Waals surface area (Å²) in [6, 6.07) is 10.8. The molecule has 0 spiro atoms. The molecular formula is C18H23N3OS. The van der Waals surface area contributed by atoms with E-state index in [1.807, 2.05) is 35.2 Å². The van der Waals surface area contributed by atoms with Gasteiger partial charge in [-0.15, -0.1) is 0 Å². The van der Waals surface area contributed by atoms with Crippen LogP contribution in [0.3, 0.4) is 0 Å². The maximum absolute atomic E-state index is 12.8. The number of thioether (sulfide) groups is 1. The summed E-state index contributed by atoms with van der Waals surface area (Å²) in [6.07, 6.45) is 2.38. The zero-order valence-corrected chi connectivity index (χ0v) is 14.1. The van der Waals surface area contributed by atoms with Crippen molar-refractivity contribution in [3.05, 3.63) is 36.0 Å². The average molecular weight is 329 g/mol. The Morgan fingerprint density at radius 2 is 2.09 bits per heavy atom. The van der Waals surface area contributed by atoms with Crippen molar-refractivity contribution >= 4 is 28.6 Å². The highest BCUT2D eigenvalue weighted by Gasteiger charge is 2.27. The zero-order valence-electron chi connectivity index (χ0n) is 13.3. The molecule has 23 heavy (non-hydrogen) atoms. The highest BCUT2D eigenvalue weighted by Crippen LogP contribution is 2.24. The SMILES string of the molecule is O=C(c1cc2ccccc2[nH]1)N1CCCN(C2CCSC2)CC1. The van der Waals surface area contributed by atoms with Gasteiger partial charge in [-0.05, 0) is 30.7 Å². The smallest absolute Gasteiger partial charge is 0.270 e. The Balaban J connectivity index is 1.45. The van der Waals surface area contributed by atoms with Crippen molar-refractivity contribution in [2.24, 2.45) is 0 Å². The quantitative estimate of drug-likeness (QED) is 0.921. The number of hydrogen-bond acceptors (Lipinski definition) is 3. The van der Waals surface area contributed by atoms with Gasteiger partial charge in [-0.1, -0.05) is 18.2 Å². The van der Waals surface area contributed by atoms with Crippen LogP contribution >= 0.6 is 11.8 Å². The molecule has 2 aromatic rings. The zero-order chi connectivity index (χ0) is 15.6. The molecule has 1 N–H and O–H groups in total. The number of aromatic amines is 1. The summed E-state index contributed by atoms with van der Waals surface area (Å²) in [5.41, 5.74) is 1.76. The van der Waals surface area contributed by atoms with Crippen LogP contribution in [0.5, 0.6) is 0 Å². The third-order valence-corrected chi connectivity index (χ3v) is 6.14. The van der Waals surface area contributed by atoms with E-state index in [1.54, 1.807) is 0 Å². The van der Waals surface area contributed by atoms with Gasteiger partial charge < -0.3 is 9.88 Å². The minimum absolute atomic E-state index is 0.142. The monoisotopic (exact) mass is 329 g/mol. The molecular weight excluding hydrogens is 306 g/mol. The Kier molecular flexibility index (Phi) is 4.31. The number of carbonyl (C=O) groups excluding carboxylic acids is 1. The highest BCUT2D eigenvalue weighted by atomic mass is 32.2. The number of nitrogens with zero attached hydrogens (tertiary/aromatic N) is 2. The number of fused-ring (bicyclic) bond motifs is 1. The molecule has 5 heteroatoms. The number of para-hydroxylation sites is 1. The summed E-state index contributed by atoms with van der Waals surface area (Å²) in [7, 11) is 0. The third-order valence-electron chi connectivity index (χ3n) is 5.00. The van der Waals surface area contributed by atoms with E-state index in [0.29, 0.717) is 0 Å². The van der Waals surface area contributed by atoms with Gasteiger partial charge in [0, 0.05) is 48.9 Å². The summed E-state index contributed by atoms with van der Waals surface area (Å²) < 4.78 is 0. The molecule has 1 unspecified atom stereocenters. The van der Waals surface area contributed by atoms with Crippen molar-refractivity contribution in [1.29, 1.82) is 0 Å². The Hall–Kier alpha value is -1.46. The van der Waals surface area contributed by atoms with Crippen LogP contribution in [0.4, 0.5) is 0 Å². The molecule has 2 fully saturated rings. The van der Waals surface area contributed by atoms with Crippen molar-refractivity contribution < 1.29 is 4.79 Å². The van der Waals surface area contributed by atoms with E-state index in [1.165, 1.54) is 17.9 Å². The van der Waals surface area contributed by atoms with E-state index in [4.69, 9.17) is 0 Å². The largest absolute Gasteiger partial charge is 0.351 e. The van der Waals surface area contributed by atoms with Crippen molar-refractivity contribution in [2.75, 3.05) is 37.7 Å². The molecule has 4 rings (SSSR count). The Labute approximate surface area is 141 Å². The van der Waals surface area contributed by atoms with Crippen molar-refractivity contribution in [1.82, 2.24) is 14.8 Å². The molecule has 2 aliphatic rings. The summed E-state index contributed by atoms with van der Waals surface area (Å²) in [5.74, 6) is 2.69. The lowest BCUT2D eigenvalue weighted by molar-refractivity contribution is 0.0754. The standard InChI is InChI=1S/C18H23N3OS/c22-18(17-12-14-4-1-2-5-16(14)19-17)21-8-3-7-20(9-10-21)15-6-11-23-13-15/h1-2,4-5,12,15,19H,3,6-11,13H2. The van der Waals surface area contributed by atoms with E-state index in [0.717, 1.165) is 55.2 Å². The van der Waals surface area contributed by atoms with Crippen LogP contribution in [-0.4, -0.2) is 64.4 Å². The molecule has 1 atom stereocenters. The normalized spacial score (nSPS) is 23.3. The van der Waals surface area contributed by atoms with Gasteiger partial charge in [-0.3, -0.25) is 9.69 Å². The van der Waals surface area contributed by atoms with E-state index in [-0.39, 0.29) is 5.91 Å². The molecule has 0 radical (unpaired) electrons. The number of amides is 1. The van der Waals surface area contributed by atoms with E-state index in [2.05, 4.69) is 21.6 Å². The number of rotatable bonds is 2. The predicted octanol–water partition coefficient (Wildman–Crippen LogP) is 2.82. The summed E-state index contributed by atoms with van der Waals surface area (Å²) >= 11 is 2.06. The summed E-state index contributed by atoms with van der Waals surface area (Å²) in [6.45, 7) is 3.85. The molecule has 4 nitrogen and oxygen atoms in total. The summed E-state index contributed by atoms with van der Waals surface area (Å²) in [5, 5.41) is 1.11. The van der Waals surface area contributed by atoms with Gasteiger partial charge in [0.15, 0.2) is 0 Å². The van der Waals surface area contributed by atoms with Gasteiger partial charge in [0.25, 0.3) is 5.91 Å². The lowest BCUT2D eigenvalue weighted by atomic mass is 10.2. The first-order valence-corrected chi connectivity index (χ1v) is 9.65. The maximum atomic E-state index is 12.8. The number of H-pyrrole nitrogens is 1. The number of hydrogen-bond donors (Lipinski definition) is 1. The predicted molar refractivity (Wildman–Crippen MR) is 96.1 cm³/mol. The Bertz CT molecular complexity index is 659. The second-order valence-corrected chi connectivity index (χ2v) is 7.62. The van der Waals surface area contributed by atoms with E-state index >= 15 is 0 Å². The molecule has 122 valence electrons. The van der Waals surface area contributed by atoms with Crippen molar-refractivity contribution in [3.63, 3.8) is 0 Å². The molecule has 0 bridgehead atoms. The van der Waals surface area contributed by atoms with E-state index < -0.39 is 0 Å². The van der Waals surface area contributed by atoms with Crippen LogP contribution in [-0.2, 0) is 0 Å². The fourth-order valence-electron chi connectivity index (χ4n) is 3.67. The number of aromatic nitrogens is 1. The number of benzene rings is 1. The molecule has 1 aromatic carbocycles. The van der Waals surface area contributed by atoms with Gasteiger partial charge in [0.2, 0.25) is 0 Å². The molecule has 1 aromatic heterocycles. The van der Waals surface area contributed by atoms with E-state index in [9.17, 15) is 4.79 Å². The van der Waals surface area contributed by atoms with Crippen molar-refractivity contribution in [3.8, 4) is 0 Å². The van der Waals surface area contributed by atoms with Crippen LogP contribution in [0.2, 0.25) is 0 Å². The average Bonchev–Trinajstić information content (AvgIpc) is 3.19. The molecule has 3 heterocycles. The first-order valence-electron chi connectivity index (χ1n) is 8.50. The Morgan fingerprint density at radius 3 is 2.91 bits per heavy atom. The van der Waals surface area contributed by atoms with Crippen LogP contribution < -0.4 is 0 Å². The van der Waals surface area contributed by atoms with Gasteiger partial charge in [0.05, 0.1) is 0 Å². The van der Waals surface area contributed by atoms with Gasteiger partial charge >= 0.3 is 0 Å². The van der Waals surface area contributed by atoms with Crippen LogP contribution in [0.25, 0.3) is 10.9 Å². The van der Waals surface area contributed by atoms with Gasteiger partial charge in [-0.2, -0.15) is 11.8 Å². The fourth-order valence-corrected chi connectivity index (χ4v) is 4.93. The number of carbonyl (C=O) groups is 1. The number of nitrogens with one attached hydrogen (secondary N) is 1. The van der Waals surface area contributed by atoms with Crippen molar-refractivity contribution in [2.45, 2.75) is 18.9 Å². The van der Waals surface area contributed by atoms with Crippen LogP contribution in [0.1, 0.15) is 23.3 Å². The second kappa shape index (κ2) is 6.57. The topological polar surface area (TPSA) is 39.3 Å². The maximum Gasteiger partial charge on any atom is 0.270 e. The fraction of sp³-hybridized carbons (Fsp3) is 0.500. The van der Waals surface area contributed by atoms with Gasteiger partial charge in [0.1, 0.15) is 5.69 Å². The third kappa shape index (κ3) is 3.12. The first kappa shape index (κ1) is 15.1. The molecule has 2 aliphatic heterocycles. The minimum Gasteiger partial charge on any atom is -0.351 e. The van der Waals surface area contributed by atoms with Crippen LogP contribution in [0, 0.1) is 0 Å². The lowest BCUT2D eigenvalue weighted by Crippen LogP contribution is -2.39. The van der Waals surface area contributed by atoms with Gasteiger partial charge in [-0.25, -0.2) is 0 Å². The molecule has 2 saturated heterocycles. The highest BCUT2D eigenvalue weighted by molar-refractivity contribution is 7.99. The first-order chi connectivity index (χ1) is 11.3. The summed E-state index contributed by atoms with van der Waals surface area (Å²) in [4.78, 5) is 20.7. The lowest BCUT2D eigenvalue weighted by Gasteiger charge is -2.26. The second-order valence-electron chi connectivity index (χ2n) is 6.47. The minimum atomic E-state index is 0.142. The Morgan fingerprint density at radius 1 is 1.17 bits per heavy atom. The molecule has 0 aliphatic carbocycles.